The molecule has 1 heterocycles. The summed E-state index contributed by atoms with van der Waals surface area (Å²) in [4.78, 5) is 25.4. The van der Waals surface area contributed by atoms with Crippen LogP contribution in [0.2, 0.25) is 10.0 Å². The first-order chi connectivity index (χ1) is 9.88. The van der Waals surface area contributed by atoms with Crippen molar-refractivity contribution in [1.82, 2.24) is 4.98 Å². The summed E-state index contributed by atoms with van der Waals surface area (Å²) in [5.74, 6) is -1.10. The molecular formula is C12H6Cl2N2O4S. The first kappa shape index (κ1) is 15.6. The number of benzene rings is 1. The summed E-state index contributed by atoms with van der Waals surface area (Å²) in [6.45, 7) is 0. The smallest absolute Gasteiger partial charge is 0.337 e. The number of nitro benzene ring substituents is 1. The maximum Gasteiger partial charge on any atom is 0.337 e. The van der Waals surface area contributed by atoms with E-state index in [2.05, 4.69) is 4.98 Å². The minimum atomic E-state index is -1.10. The molecule has 9 heteroatoms. The number of carboxylic acid groups (broad SMARTS) is 1. The zero-order valence-corrected chi connectivity index (χ0v) is 12.4. The van der Waals surface area contributed by atoms with E-state index in [1.165, 1.54) is 24.4 Å². The van der Waals surface area contributed by atoms with Gasteiger partial charge >= 0.3 is 5.97 Å². The fraction of sp³-hybridized carbons (Fsp3) is 0. The highest BCUT2D eigenvalue weighted by molar-refractivity contribution is 7.99. The van der Waals surface area contributed by atoms with E-state index in [1.807, 2.05) is 0 Å². The second kappa shape index (κ2) is 6.30. The fourth-order valence-corrected chi connectivity index (χ4v) is 2.69. The topological polar surface area (TPSA) is 93.3 Å². The Hall–Kier alpha value is -1.83. The van der Waals surface area contributed by atoms with Crippen LogP contribution in [0.25, 0.3) is 0 Å². The minimum absolute atomic E-state index is 0.0305. The van der Waals surface area contributed by atoms with E-state index < -0.39 is 10.9 Å². The van der Waals surface area contributed by atoms with Gasteiger partial charge in [-0.1, -0.05) is 35.0 Å². The van der Waals surface area contributed by atoms with E-state index in [9.17, 15) is 14.9 Å². The normalized spacial score (nSPS) is 10.4. The molecule has 6 nitrogen and oxygen atoms in total. The standard InChI is InChI=1S/C12H6Cl2N2O4S/c13-7-3-9(16(19)20)10(4-8(7)14)21-11-2-1-6(5-15-11)12(17)18/h1-5H,(H,17,18). The number of carboxylic acids is 1. The van der Waals surface area contributed by atoms with E-state index in [0.717, 1.165) is 17.8 Å². The molecule has 1 aromatic carbocycles. The number of nitrogens with zero attached hydrogens (tertiary/aromatic N) is 2. The van der Waals surface area contributed by atoms with Crippen LogP contribution < -0.4 is 0 Å². The second-order valence-corrected chi connectivity index (χ2v) is 5.66. The molecule has 108 valence electrons. The Bertz CT molecular complexity index is 722. The van der Waals surface area contributed by atoms with Crippen molar-refractivity contribution in [2.75, 3.05) is 0 Å². The van der Waals surface area contributed by atoms with Gasteiger partial charge in [0.1, 0.15) is 5.03 Å². The zero-order chi connectivity index (χ0) is 15.6. The van der Waals surface area contributed by atoms with Gasteiger partial charge in [-0.2, -0.15) is 0 Å². The van der Waals surface area contributed by atoms with Crippen LogP contribution in [0.3, 0.4) is 0 Å². The highest BCUT2D eigenvalue weighted by Gasteiger charge is 2.18. The van der Waals surface area contributed by atoms with Crippen LogP contribution in [0, 0.1) is 10.1 Å². The van der Waals surface area contributed by atoms with Crippen molar-refractivity contribution in [3.8, 4) is 0 Å². The van der Waals surface area contributed by atoms with Gasteiger partial charge in [0.25, 0.3) is 5.69 Å². The van der Waals surface area contributed by atoms with Crippen molar-refractivity contribution in [1.29, 1.82) is 0 Å². The summed E-state index contributed by atoms with van der Waals surface area (Å²) >= 11 is 12.6. The number of carbonyl (C=O) groups is 1. The molecule has 21 heavy (non-hydrogen) atoms. The molecular weight excluding hydrogens is 339 g/mol. The van der Waals surface area contributed by atoms with Crippen LogP contribution in [0.5, 0.6) is 0 Å². The SMILES string of the molecule is O=C(O)c1ccc(Sc2cc(Cl)c(Cl)cc2[N+](=O)[O-])nc1. The lowest BCUT2D eigenvalue weighted by atomic mass is 10.3. The third-order valence-corrected chi connectivity index (χ3v) is 4.12. The largest absolute Gasteiger partial charge is 0.478 e. The number of hydrogen-bond acceptors (Lipinski definition) is 5. The van der Waals surface area contributed by atoms with Crippen LogP contribution in [0.15, 0.2) is 40.4 Å². The summed E-state index contributed by atoms with van der Waals surface area (Å²) < 4.78 is 0. The third kappa shape index (κ3) is 3.63. The average molecular weight is 345 g/mol. The van der Waals surface area contributed by atoms with Crippen molar-refractivity contribution >= 4 is 46.6 Å². The first-order valence-corrected chi connectivity index (χ1v) is 6.96. The van der Waals surface area contributed by atoms with Gasteiger partial charge in [0, 0.05) is 12.3 Å². The maximum atomic E-state index is 11.0. The lowest BCUT2D eigenvalue weighted by Gasteiger charge is -2.04. The van der Waals surface area contributed by atoms with Gasteiger partial charge in [0.15, 0.2) is 0 Å². The highest BCUT2D eigenvalue weighted by atomic mass is 35.5. The van der Waals surface area contributed by atoms with Gasteiger partial charge in [-0.05, 0) is 18.2 Å². The predicted molar refractivity (Wildman–Crippen MR) is 78.4 cm³/mol. The van der Waals surface area contributed by atoms with E-state index in [-0.39, 0.29) is 26.2 Å². The van der Waals surface area contributed by atoms with Gasteiger partial charge in [-0.15, -0.1) is 0 Å². The molecule has 0 saturated carbocycles. The van der Waals surface area contributed by atoms with Gasteiger partial charge in [-0.25, -0.2) is 9.78 Å². The number of rotatable bonds is 4. The van der Waals surface area contributed by atoms with Gasteiger partial charge in [-0.3, -0.25) is 10.1 Å². The molecule has 0 aliphatic carbocycles. The first-order valence-electron chi connectivity index (χ1n) is 5.39. The molecule has 0 fully saturated rings. The lowest BCUT2D eigenvalue weighted by molar-refractivity contribution is -0.387. The fourth-order valence-electron chi connectivity index (χ4n) is 1.42. The van der Waals surface area contributed by atoms with E-state index in [4.69, 9.17) is 28.3 Å². The molecule has 0 aliphatic heterocycles. The summed E-state index contributed by atoms with van der Waals surface area (Å²) in [6.07, 6.45) is 1.17. The Morgan fingerprint density at radius 1 is 1.29 bits per heavy atom. The van der Waals surface area contributed by atoms with Crippen molar-refractivity contribution in [2.45, 2.75) is 9.92 Å². The number of aromatic carboxylic acids is 1. The van der Waals surface area contributed by atoms with Gasteiger partial charge < -0.3 is 5.11 Å². The number of nitro groups is 1. The molecule has 0 amide bonds. The molecule has 0 atom stereocenters. The minimum Gasteiger partial charge on any atom is -0.478 e. The van der Waals surface area contributed by atoms with E-state index in [1.54, 1.807) is 0 Å². The van der Waals surface area contributed by atoms with Crippen LogP contribution in [0.1, 0.15) is 10.4 Å². The summed E-state index contributed by atoms with van der Waals surface area (Å²) in [7, 11) is 0. The summed E-state index contributed by atoms with van der Waals surface area (Å²) in [5, 5.41) is 20.5. The lowest BCUT2D eigenvalue weighted by Crippen LogP contribution is -1.97. The van der Waals surface area contributed by atoms with Crippen LogP contribution >= 0.6 is 35.0 Å². The van der Waals surface area contributed by atoms with Crippen LogP contribution in [-0.4, -0.2) is 21.0 Å². The molecule has 1 N–H and O–H groups in total. The quantitative estimate of drug-likeness (QED) is 0.661. The molecule has 0 aliphatic rings. The van der Waals surface area contributed by atoms with Crippen molar-refractivity contribution in [3.05, 3.63) is 56.2 Å². The summed E-state index contributed by atoms with van der Waals surface area (Å²) in [6, 6.07) is 5.36. The molecule has 1 aromatic heterocycles. The Labute approximate surface area is 132 Å². The molecule has 2 rings (SSSR count). The van der Waals surface area contributed by atoms with Crippen molar-refractivity contribution < 1.29 is 14.8 Å². The Morgan fingerprint density at radius 2 is 1.95 bits per heavy atom. The third-order valence-electron chi connectivity index (χ3n) is 2.40. The number of hydrogen-bond donors (Lipinski definition) is 1. The Balaban J connectivity index is 2.36. The zero-order valence-electron chi connectivity index (χ0n) is 10.1. The second-order valence-electron chi connectivity index (χ2n) is 3.78. The van der Waals surface area contributed by atoms with E-state index in [0.29, 0.717) is 5.03 Å². The van der Waals surface area contributed by atoms with Crippen LogP contribution in [0.4, 0.5) is 5.69 Å². The number of aromatic nitrogens is 1. The monoisotopic (exact) mass is 344 g/mol. The van der Waals surface area contributed by atoms with E-state index >= 15 is 0 Å². The molecule has 0 bridgehead atoms. The maximum absolute atomic E-state index is 11.0. The Morgan fingerprint density at radius 3 is 2.48 bits per heavy atom. The molecule has 2 aromatic rings. The highest BCUT2D eigenvalue weighted by Crippen LogP contribution is 2.39. The predicted octanol–water partition coefficient (Wildman–Crippen LogP) is 4.15. The van der Waals surface area contributed by atoms with Crippen molar-refractivity contribution in [2.24, 2.45) is 0 Å². The number of halogens is 2. The molecule has 0 spiro atoms. The van der Waals surface area contributed by atoms with Crippen LogP contribution in [-0.2, 0) is 0 Å². The molecule has 0 unspecified atom stereocenters. The molecule has 0 saturated heterocycles. The molecule has 0 radical (unpaired) electrons. The van der Waals surface area contributed by atoms with Gasteiger partial charge in [0.2, 0.25) is 0 Å². The van der Waals surface area contributed by atoms with Gasteiger partial charge in [0.05, 0.1) is 25.4 Å². The average Bonchev–Trinajstić information content (AvgIpc) is 2.43. The Kier molecular flexibility index (Phi) is 4.66. The van der Waals surface area contributed by atoms with Crippen molar-refractivity contribution in [3.63, 3.8) is 0 Å². The summed E-state index contributed by atoms with van der Waals surface area (Å²) in [5.41, 5.74) is -0.165. The number of pyridine rings is 1.